The number of H-pyrrole nitrogens is 1. The summed E-state index contributed by atoms with van der Waals surface area (Å²) in [5, 5.41) is 10.4. The number of pyridine rings is 1. The Morgan fingerprint density at radius 3 is 2.93 bits per heavy atom. The largest absolute Gasteiger partial charge is 0.351 e. The van der Waals surface area contributed by atoms with E-state index in [0.717, 1.165) is 6.20 Å². The number of hydrogen-bond donors (Lipinski definition) is 1. The van der Waals surface area contributed by atoms with Crippen molar-refractivity contribution in [2.24, 2.45) is 0 Å². The molecule has 2 aromatic heterocycles. The van der Waals surface area contributed by atoms with E-state index in [2.05, 4.69) is 9.97 Å². The van der Waals surface area contributed by atoms with Gasteiger partial charge in [-0.2, -0.15) is 0 Å². The van der Waals surface area contributed by atoms with E-state index < -0.39 is 4.92 Å². The first-order chi connectivity index (χ1) is 6.70. The number of hydrogen-bond acceptors (Lipinski definition) is 4. The van der Waals surface area contributed by atoms with Crippen molar-refractivity contribution in [3.63, 3.8) is 0 Å². The number of aldehydes is 1. The predicted molar refractivity (Wildman–Crippen MR) is 48.1 cm³/mol. The van der Waals surface area contributed by atoms with Crippen molar-refractivity contribution in [2.75, 3.05) is 0 Å². The number of aromatic nitrogens is 2. The first kappa shape index (κ1) is 8.36. The van der Waals surface area contributed by atoms with Crippen LogP contribution in [-0.2, 0) is 0 Å². The molecule has 2 rings (SSSR count). The van der Waals surface area contributed by atoms with Gasteiger partial charge in [0.2, 0.25) is 0 Å². The molecule has 2 heterocycles. The SMILES string of the molecule is O=Cc1cc2ncc([N+](=O)[O-])cc2[nH]1. The maximum absolute atomic E-state index is 10.4. The Morgan fingerprint density at radius 1 is 1.50 bits per heavy atom. The highest BCUT2D eigenvalue weighted by Gasteiger charge is 2.08. The highest BCUT2D eigenvalue weighted by Crippen LogP contribution is 2.17. The van der Waals surface area contributed by atoms with Gasteiger partial charge in [0.1, 0.15) is 6.20 Å². The van der Waals surface area contributed by atoms with Gasteiger partial charge in [0.25, 0.3) is 5.69 Å². The first-order valence-corrected chi connectivity index (χ1v) is 3.79. The number of carbonyl (C=O) groups excluding carboxylic acids is 1. The minimum Gasteiger partial charge on any atom is -0.351 e. The lowest BCUT2D eigenvalue weighted by atomic mass is 10.3. The monoisotopic (exact) mass is 191 g/mol. The molecule has 0 bridgehead atoms. The molecule has 0 aliphatic heterocycles. The third-order valence-electron chi connectivity index (χ3n) is 1.81. The van der Waals surface area contributed by atoms with Crippen molar-refractivity contribution in [3.05, 3.63) is 34.1 Å². The molecule has 0 amide bonds. The highest BCUT2D eigenvalue weighted by molar-refractivity contribution is 5.86. The minimum absolute atomic E-state index is 0.100. The molecule has 0 fully saturated rings. The maximum atomic E-state index is 10.4. The van der Waals surface area contributed by atoms with E-state index in [9.17, 15) is 14.9 Å². The van der Waals surface area contributed by atoms with Crippen molar-refractivity contribution >= 4 is 23.0 Å². The summed E-state index contributed by atoms with van der Waals surface area (Å²) in [6.07, 6.45) is 1.79. The molecule has 0 saturated heterocycles. The third-order valence-corrected chi connectivity index (χ3v) is 1.81. The number of rotatable bonds is 2. The van der Waals surface area contributed by atoms with Crippen molar-refractivity contribution in [1.29, 1.82) is 0 Å². The molecular formula is C8H5N3O3. The number of fused-ring (bicyclic) bond motifs is 1. The summed E-state index contributed by atoms with van der Waals surface area (Å²) < 4.78 is 0. The van der Waals surface area contributed by atoms with Gasteiger partial charge in [-0.3, -0.25) is 14.9 Å². The van der Waals surface area contributed by atoms with Gasteiger partial charge in [-0.05, 0) is 6.07 Å². The van der Waals surface area contributed by atoms with Crippen LogP contribution in [0.3, 0.4) is 0 Å². The molecule has 2 aromatic rings. The average Bonchev–Trinajstić information content (AvgIpc) is 2.58. The zero-order chi connectivity index (χ0) is 10.1. The predicted octanol–water partition coefficient (Wildman–Crippen LogP) is 1.28. The van der Waals surface area contributed by atoms with Crippen LogP contribution in [0.25, 0.3) is 11.0 Å². The van der Waals surface area contributed by atoms with Crippen LogP contribution in [0, 0.1) is 10.1 Å². The fourth-order valence-electron chi connectivity index (χ4n) is 1.18. The lowest BCUT2D eigenvalue weighted by Crippen LogP contribution is -1.88. The van der Waals surface area contributed by atoms with E-state index in [1.807, 2.05) is 0 Å². The average molecular weight is 191 g/mol. The summed E-state index contributed by atoms with van der Waals surface area (Å²) in [5.74, 6) is 0. The third kappa shape index (κ3) is 1.22. The van der Waals surface area contributed by atoms with Crippen molar-refractivity contribution in [3.8, 4) is 0 Å². The number of aromatic amines is 1. The molecule has 0 unspecified atom stereocenters. The molecule has 6 nitrogen and oxygen atoms in total. The molecule has 0 radical (unpaired) electrons. The van der Waals surface area contributed by atoms with E-state index >= 15 is 0 Å². The van der Waals surface area contributed by atoms with Crippen LogP contribution >= 0.6 is 0 Å². The summed E-state index contributed by atoms with van der Waals surface area (Å²) in [6.45, 7) is 0. The van der Waals surface area contributed by atoms with E-state index in [-0.39, 0.29) is 5.69 Å². The number of nitrogens with one attached hydrogen (secondary N) is 1. The zero-order valence-corrected chi connectivity index (χ0v) is 6.93. The van der Waals surface area contributed by atoms with Crippen LogP contribution in [0.5, 0.6) is 0 Å². The lowest BCUT2D eigenvalue weighted by molar-refractivity contribution is -0.385. The Morgan fingerprint density at radius 2 is 2.29 bits per heavy atom. The van der Waals surface area contributed by atoms with Crippen LogP contribution in [0.15, 0.2) is 18.3 Å². The molecular weight excluding hydrogens is 186 g/mol. The molecule has 14 heavy (non-hydrogen) atoms. The van der Waals surface area contributed by atoms with Crippen molar-refractivity contribution in [1.82, 2.24) is 9.97 Å². The molecule has 0 aliphatic rings. The first-order valence-electron chi connectivity index (χ1n) is 3.79. The van der Waals surface area contributed by atoms with Crippen LogP contribution in [0.4, 0.5) is 5.69 Å². The Labute approximate surface area is 77.7 Å². The van der Waals surface area contributed by atoms with Gasteiger partial charge in [0.15, 0.2) is 6.29 Å². The van der Waals surface area contributed by atoms with Crippen LogP contribution in [0.2, 0.25) is 0 Å². The summed E-state index contributed by atoms with van der Waals surface area (Å²) in [5.41, 5.74) is 1.28. The summed E-state index contributed by atoms with van der Waals surface area (Å²) in [6, 6.07) is 2.88. The molecule has 0 aromatic carbocycles. The van der Waals surface area contributed by atoms with Gasteiger partial charge in [-0.1, -0.05) is 0 Å². The summed E-state index contributed by atoms with van der Waals surface area (Å²) in [7, 11) is 0. The normalized spacial score (nSPS) is 10.3. The molecule has 1 N–H and O–H groups in total. The van der Waals surface area contributed by atoms with Gasteiger partial charge in [0.05, 0.1) is 21.7 Å². The second-order valence-electron chi connectivity index (χ2n) is 2.73. The molecule has 0 saturated carbocycles. The Kier molecular flexibility index (Phi) is 1.74. The fourth-order valence-corrected chi connectivity index (χ4v) is 1.18. The van der Waals surface area contributed by atoms with Crippen molar-refractivity contribution in [2.45, 2.75) is 0 Å². The van der Waals surface area contributed by atoms with E-state index in [4.69, 9.17) is 0 Å². The van der Waals surface area contributed by atoms with Gasteiger partial charge >= 0.3 is 0 Å². The summed E-state index contributed by atoms with van der Waals surface area (Å²) in [4.78, 5) is 26.8. The minimum atomic E-state index is -0.534. The van der Waals surface area contributed by atoms with Crippen LogP contribution < -0.4 is 0 Å². The second kappa shape index (κ2) is 2.91. The molecule has 6 heteroatoms. The van der Waals surface area contributed by atoms with Gasteiger partial charge in [-0.15, -0.1) is 0 Å². The number of carbonyl (C=O) groups is 1. The second-order valence-corrected chi connectivity index (χ2v) is 2.73. The Balaban J connectivity index is 2.65. The van der Waals surface area contributed by atoms with Gasteiger partial charge < -0.3 is 4.98 Å². The van der Waals surface area contributed by atoms with Gasteiger partial charge in [-0.25, -0.2) is 4.98 Å². The lowest BCUT2D eigenvalue weighted by Gasteiger charge is -1.89. The smallest absolute Gasteiger partial charge is 0.289 e. The molecule has 0 aliphatic carbocycles. The standard InChI is InChI=1S/C8H5N3O3/c12-4-5-1-7-8(10-5)2-6(3-9-7)11(13)14/h1-4,10H. The van der Waals surface area contributed by atoms with Crippen LogP contribution in [0.1, 0.15) is 10.5 Å². The number of nitro groups is 1. The van der Waals surface area contributed by atoms with E-state index in [0.29, 0.717) is 23.0 Å². The van der Waals surface area contributed by atoms with E-state index in [1.165, 1.54) is 12.1 Å². The van der Waals surface area contributed by atoms with E-state index in [1.54, 1.807) is 0 Å². The zero-order valence-electron chi connectivity index (χ0n) is 6.93. The topological polar surface area (TPSA) is 88.9 Å². The molecule has 0 spiro atoms. The highest BCUT2D eigenvalue weighted by atomic mass is 16.6. The number of nitrogens with zero attached hydrogens (tertiary/aromatic N) is 2. The van der Waals surface area contributed by atoms with Crippen molar-refractivity contribution < 1.29 is 9.72 Å². The summed E-state index contributed by atoms with van der Waals surface area (Å²) >= 11 is 0. The van der Waals surface area contributed by atoms with Gasteiger partial charge in [0, 0.05) is 6.07 Å². The molecule has 70 valence electrons. The Hall–Kier alpha value is -2.24. The maximum Gasteiger partial charge on any atom is 0.289 e. The quantitative estimate of drug-likeness (QED) is 0.440. The van der Waals surface area contributed by atoms with Crippen LogP contribution in [-0.4, -0.2) is 21.2 Å². The Bertz CT molecular complexity index is 518. The molecule has 0 atom stereocenters. The fraction of sp³-hybridized carbons (Fsp3) is 0.